The normalized spacial score (nSPS) is 23.1. The fraction of sp³-hybridized carbons (Fsp3) is 0.818. The van der Waals surface area contributed by atoms with Crippen molar-refractivity contribution >= 4 is 11.7 Å². The molecule has 1 fully saturated rings. The Morgan fingerprint density at radius 2 is 2.27 bits per heavy atom. The summed E-state index contributed by atoms with van der Waals surface area (Å²) in [5.74, 6) is 0.365. The minimum atomic E-state index is 0.0240. The molecule has 0 N–H and O–H groups in total. The van der Waals surface area contributed by atoms with Crippen molar-refractivity contribution in [2.75, 3.05) is 19.8 Å². The maximum atomic E-state index is 11.8. The Kier molecular flexibility index (Phi) is 4.27. The van der Waals surface area contributed by atoms with E-state index in [2.05, 4.69) is 0 Å². The van der Waals surface area contributed by atoms with Gasteiger partial charge in [0.05, 0.1) is 32.2 Å². The van der Waals surface area contributed by atoms with Crippen LogP contribution in [0.15, 0.2) is 0 Å². The third-order valence-electron chi connectivity index (χ3n) is 2.63. The second-order valence-electron chi connectivity index (χ2n) is 4.36. The molecule has 0 radical (unpaired) electrons. The third kappa shape index (κ3) is 3.30. The van der Waals surface area contributed by atoms with Crippen LogP contribution < -0.4 is 0 Å². The van der Waals surface area contributed by atoms with E-state index >= 15 is 0 Å². The van der Waals surface area contributed by atoms with Gasteiger partial charge in [0.2, 0.25) is 5.91 Å². The number of rotatable bonds is 3. The molecule has 0 aromatic carbocycles. The Balaban J connectivity index is 2.78. The molecule has 0 saturated carbocycles. The van der Waals surface area contributed by atoms with Crippen molar-refractivity contribution < 1.29 is 14.3 Å². The second kappa shape index (κ2) is 5.26. The van der Waals surface area contributed by atoms with Crippen LogP contribution in [0.2, 0.25) is 0 Å². The average molecular weight is 213 g/mol. The zero-order chi connectivity index (χ0) is 11.4. The Morgan fingerprint density at radius 3 is 2.80 bits per heavy atom. The topological polar surface area (TPSA) is 46.6 Å². The van der Waals surface area contributed by atoms with Gasteiger partial charge in [-0.1, -0.05) is 13.8 Å². The van der Waals surface area contributed by atoms with Gasteiger partial charge in [0.25, 0.3) is 0 Å². The largest absolute Gasteiger partial charge is 0.379 e. The number of hydrogen-bond donors (Lipinski definition) is 0. The molecule has 1 amide bonds. The molecule has 86 valence electrons. The highest BCUT2D eigenvalue weighted by Gasteiger charge is 2.29. The van der Waals surface area contributed by atoms with E-state index in [1.807, 2.05) is 13.8 Å². The summed E-state index contributed by atoms with van der Waals surface area (Å²) in [7, 11) is 0. The molecule has 1 atom stereocenters. The number of amides is 1. The van der Waals surface area contributed by atoms with Gasteiger partial charge < -0.3 is 9.64 Å². The van der Waals surface area contributed by atoms with Gasteiger partial charge in [-0.3, -0.25) is 9.59 Å². The van der Waals surface area contributed by atoms with Crippen LogP contribution in [0.25, 0.3) is 0 Å². The zero-order valence-corrected chi connectivity index (χ0v) is 9.66. The molecule has 0 aromatic rings. The van der Waals surface area contributed by atoms with E-state index in [0.29, 0.717) is 25.6 Å². The molecule has 0 spiro atoms. The predicted octanol–water partition coefficient (Wildman–Crippen LogP) is 0.849. The van der Waals surface area contributed by atoms with Gasteiger partial charge in [0.15, 0.2) is 0 Å². The number of Topliss-reactive ketones (excluding diaryl/α,β-unsaturated/α-hetero) is 1. The number of nitrogens with zero attached hydrogens (tertiary/aromatic N) is 1. The minimum absolute atomic E-state index is 0.0240. The van der Waals surface area contributed by atoms with Crippen LogP contribution in [0.4, 0.5) is 0 Å². The molecular weight excluding hydrogens is 194 g/mol. The average Bonchev–Trinajstić information content (AvgIpc) is 2.29. The smallest absolute Gasteiger partial charge is 0.225 e. The van der Waals surface area contributed by atoms with Crippen molar-refractivity contribution in [2.45, 2.75) is 33.2 Å². The molecule has 0 bridgehead atoms. The number of carbonyl (C=O) groups is 2. The fourth-order valence-electron chi connectivity index (χ4n) is 1.78. The van der Waals surface area contributed by atoms with Gasteiger partial charge in [0, 0.05) is 0 Å². The van der Waals surface area contributed by atoms with Gasteiger partial charge >= 0.3 is 0 Å². The van der Waals surface area contributed by atoms with Crippen LogP contribution in [-0.2, 0) is 14.3 Å². The molecule has 1 rings (SSSR count). The van der Waals surface area contributed by atoms with Crippen molar-refractivity contribution in [3.8, 4) is 0 Å². The van der Waals surface area contributed by atoms with Gasteiger partial charge in [-0.25, -0.2) is 0 Å². The van der Waals surface area contributed by atoms with Crippen molar-refractivity contribution in [2.24, 2.45) is 5.92 Å². The van der Waals surface area contributed by atoms with Crippen molar-refractivity contribution in [3.05, 3.63) is 0 Å². The lowest BCUT2D eigenvalue weighted by molar-refractivity contribution is -0.137. The Bertz CT molecular complexity index is 250. The van der Waals surface area contributed by atoms with Gasteiger partial charge in [-0.2, -0.15) is 0 Å². The van der Waals surface area contributed by atoms with Crippen molar-refractivity contribution in [3.63, 3.8) is 0 Å². The Hall–Kier alpha value is -0.900. The summed E-state index contributed by atoms with van der Waals surface area (Å²) in [6, 6.07) is 0.0314. The van der Waals surface area contributed by atoms with E-state index in [9.17, 15) is 9.59 Å². The Labute approximate surface area is 90.6 Å². The standard InChI is InChI=1S/C11H19NO3/c1-8(2)10-7-15-5-4-11(14)12(10)6-9(3)13/h8,10H,4-7H2,1-3H3. The molecule has 4 heteroatoms. The van der Waals surface area contributed by atoms with Crippen LogP contribution in [-0.4, -0.2) is 42.4 Å². The monoisotopic (exact) mass is 213 g/mol. The molecule has 4 nitrogen and oxygen atoms in total. The van der Waals surface area contributed by atoms with Crippen LogP contribution in [0.5, 0.6) is 0 Å². The summed E-state index contributed by atoms with van der Waals surface area (Å²) < 4.78 is 5.38. The zero-order valence-electron chi connectivity index (χ0n) is 9.66. The highest BCUT2D eigenvalue weighted by molar-refractivity contribution is 5.85. The van der Waals surface area contributed by atoms with E-state index in [0.717, 1.165) is 0 Å². The van der Waals surface area contributed by atoms with E-state index in [1.165, 1.54) is 6.92 Å². The quantitative estimate of drug-likeness (QED) is 0.698. The maximum absolute atomic E-state index is 11.8. The molecule has 1 aliphatic rings. The predicted molar refractivity (Wildman–Crippen MR) is 56.5 cm³/mol. The number of ketones is 1. The maximum Gasteiger partial charge on any atom is 0.225 e. The SMILES string of the molecule is CC(=O)CN1C(=O)CCOCC1C(C)C. The lowest BCUT2D eigenvalue weighted by Crippen LogP contribution is -2.46. The highest BCUT2D eigenvalue weighted by atomic mass is 16.5. The summed E-state index contributed by atoms with van der Waals surface area (Å²) in [4.78, 5) is 24.5. The molecule has 1 unspecified atom stereocenters. The molecule has 1 heterocycles. The number of ether oxygens (including phenoxy) is 1. The highest BCUT2D eigenvalue weighted by Crippen LogP contribution is 2.16. The first-order valence-electron chi connectivity index (χ1n) is 5.39. The van der Waals surface area contributed by atoms with E-state index in [4.69, 9.17) is 4.74 Å². The fourth-order valence-corrected chi connectivity index (χ4v) is 1.78. The molecule has 15 heavy (non-hydrogen) atoms. The first-order valence-corrected chi connectivity index (χ1v) is 5.39. The first-order chi connectivity index (χ1) is 7.02. The third-order valence-corrected chi connectivity index (χ3v) is 2.63. The summed E-state index contributed by atoms with van der Waals surface area (Å²) >= 11 is 0. The van der Waals surface area contributed by atoms with Crippen LogP contribution in [0.3, 0.4) is 0 Å². The van der Waals surface area contributed by atoms with Gasteiger partial charge in [-0.15, -0.1) is 0 Å². The lowest BCUT2D eigenvalue weighted by atomic mass is 10.0. The summed E-state index contributed by atoms with van der Waals surface area (Å²) in [6.45, 7) is 6.81. The first kappa shape index (κ1) is 12.2. The molecular formula is C11H19NO3. The lowest BCUT2D eigenvalue weighted by Gasteiger charge is -2.31. The molecule has 1 saturated heterocycles. The van der Waals surface area contributed by atoms with Crippen LogP contribution >= 0.6 is 0 Å². The Morgan fingerprint density at radius 1 is 1.60 bits per heavy atom. The van der Waals surface area contributed by atoms with Crippen LogP contribution in [0.1, 0.15) is 27.2 Å². The van der Waals surface area contributed by atoms with Gasteiger partial charge in [-0.05, 0) is 12.8 Å². The minimum Gasteiger partial charge on any atom is -0.379 e. The number of hydrogen-bond acceptors (Lipinski definition) is 3. The van der Waals surface area contributed by atoms with Crippen LogP contribution in [0, 0.1) is 5.92 Å². The summed E-state index contributed by atoms with van der Waals surface area (Å²) in [5, 5.41) is 0. The van der Waals surface area contributed by atoms with E-state index in [1.54, 1.807) is 4.90 Å². The van der Waals surface area contributed by atoms with Gasteiger partial charge in [0.1, 0.15) is 5.78 Å². The molecule has 1 aliphatic heterocycles. The van der Waals surface area contributed by atoms with Crippen molar-refractivity contribution in [1.82, 2.24) is 4.90 Å². The number of carbonyl (C=O) groups excluding carboxylic acids is 2. The summed E-state index contributed by atoms with van der Waals surface area (Å²) in [5.41, 5.74) is 0. The summed E-state index contributed by atoms with van der Waals surface area (Å²) in [6.07, 6.45) is 0.385. The molecule has 0 aromatic heterocycles. The van der Waals surface area contributed by atoms with E-state index < -0.39 is 0 Å². The second-order valence-corrected chi connectivity index (χ2v) is 4.36. The molecule has 0 aliphatic carbocycles. The van der Waals surface area contributed by atoms with E-state index in [-0.39, 0.29) is 24.3 Å². The van der Waals surface area contributed by atoms with Crippen molar-refractivity contribution in [1.29, 1.82) is 0 Å².